The lowest BCUT2D eigenvalue weighted by atomic mass is 9.99. The van der Waals surface area contributed by atoms with E-state index in [0.29, 0.717) is 35.3 Å². The Labute approximate surface area is 122 Å². The first kappa shape index (κ1) is 16.1. The van der Waals surface area contributed by atoms with Gasteiger partial charge in [-0.05, 0) is 25.1 Å². The van der Waals surface area contributed by atoms with Gasteiger partial charge < -0.3 is 21.2 Å². The molecular weight excluding hydrogens is 268 g/mol. The Hall–Kier alpha value is -2.96. The largest absolute Gasteiger partial charge is 0.428 e. The minimum Gasteiger partial charge on any atom is -0.428 e. The topological polar surface area (TPSA) is 143 Å². The second-order valence-corrected chi connectivity index (χ2v) is 4.04. The Morgan fingerprint density at radius 2 is 2.05 bits per heavy atom. The van der Waals surface area contributed by atoms with Gasteiger partial charge in [-0.2, -0.15) is 0 Å². The molecule has 0 fully saturated rings. The third-order valence-electron chi connectivity index (χ3n) is 2.67. The average Bonchev–Trinajstić information content (AvgIpc) is 2.48. The summed E-state index contributed by atoms with van der Waals surface area (Å²) in [6.07, 6.45) is 3.30. The summed E-state index contributed by atoms with van der Waals surface area (Å²) in [5.74, 6) is -0.203. The van der Waals surface area contributed by atoms with Crippen molar-refractivity contribution in [3.05, 3.63) is 41.1 Å². The van der Waals surface area contributed by atoms with E-state index in [9.17, 15) is 0 Å². The van der Waals surface area contributed by atoms with Crippen LogP contribution >= 0.6 is 0 Å². The van der Waals surface area contributed by atoms with Crippen molar-refractivity contribution in [2.75, 3.05) is 12.3 Å². The zero-order chi connectivity index (χ0) is 15.8. The number of anilines is 1. The summed E-state index contributed by atoms with van der Waals surface area (Å²) < 4.78 is 4.70. The SMILES string of the molecule is CCN/C=C(\C=N)C(=N)c1cc(C(=N)OC=N)ccc1N. The Balaban J connectivity index is 3.19. The first-order valence-electron chi connectivity index (χ1n) is 6.22. The molecule has 0 saturated carbocycles. The van der Waals surface area contributed by atoms with Crippen LogP contribution in [0, 0.1) is 21.6 Å². The Kier molecular flexibility index (Phi) is 5.81. The van der Waals surface area contributed by atoms with Gasteiger partial charge in [-0.15, -0.1) is 0 Å². The fraction of sp³-hybridized carbons (Fsp3) is 0.143. The van der Waals surface area contributed by atoms with Gasteiger partial charge in [0.2, 0.25) is 5.90 Å². The number of ether oxygens (including phenoxy) is 1. The Bertz CT molecular complexity index is 605. The van der Waals surface area contributed by atoms with Gasteiger partial charge in [-0.3, -0.25) is 16.2 Å². The van der Waals surface area contributed by atoms with Crippen molar-refractivity contribution in [1.29, 1.82) is 21.6 Å². The van der Waals surface area contributed by atoms with Gasteiger partial charge in [0.05, 0.1) is 5.71 Å². The molecule has 0 aliphatic carbocycles. The number of hydrogen-bond donors (Lipinski definition) is 6. The zero-order valence-corrected chi connectivity index (χ0v) is 11.7. The maximum absolute atomic E-state index is 8.15. The standard InChI is InChI=1S/C14H18N6O/c1-2-20-7-10(6-15)13(18)11-5-9(3-4-12(11)17)14(19)21-8-16/h3-8,15-16,18-20H,2,17H2,1H3/b10-7+,15-6?,16-8?,18-13?,19-14?. The summed E-state index contributed by atoms with van der Waals surface area (Å²) in [7, 11) is 0. The smallest absolute Gasteiger partial charge is 0.220 e. The maximum atomic E-state index is 8.15. The third kappa shape index (κ3) is 4.00. The van der Waals surface area contributed by atoms with Crippen LogP contribution in [0.3, 0.4) is 0 Å². The summed E-state index contributed by atoms with van der Waals surface area (Å²) in [4.78, 5) is 0. The first-order chi connectivity index (χ1) is 10.0. The minimum atomic E-state index is -0.203. The maximum Gasteiger partial charge on any atom is 0.220 e. The summed E-state index contributed by atoms with van der Waals surface area (Å²) in [6, 6.07) is 4.68. The van der Waals surface area contributed by atoms with Gasteiger partial charge in [0.1, 0.15) is 0 Å². The van der Waals surface area contributed by atoms with Gasteiger partial charge in [0, 0.05) is 41.3 Å². The second-order valence-electron chi connectivity index (χ2n) is 4.04. The van der Waals surface area contributed by atoms with E-state index in [1.165, 1.54) is 6.07 Å². The molecule has 0 atom stereocenters. The van der Waals surface area contributed by atoms with Gasteiger partial charge in [-0.1, -0.05) is 0 Å². The van der Waals surface area contributed by atoms with Crippen LogP contribution < -0.4 is 11.1 Å². The molecule has 0 heterocycles. The van der Waals surface area contributed by atoms with Crippen LogP contribution in [0.2, 0.25) is 0 Å². The molecule has 1 aromatic rings. The Morgan fingerprint density at radius 1 is 1.33 bits per heavy atom. The fourth-order valence-corrected chi connectivity index (χ4v) is 1.59. The monoisotopic (exact) mass is 286 g/mol. The van der Waals surface area contributed by atoms with E-state index in [2.05, 4.69) is 5.32 Å². The summed E-state index contributed by atoms with van der Waals surface area (Å²) in [6.45, 7) is 2.59. The van der Waals surface area contributed by atoms with E-state index >= 15 is 0 Å². The van der Waals surface area contributed by atoms with Gasteiger partial charge in [-0.25, -0.2) is 0 Å². The van der Waals surface area contributed by atoms with Crippen molar-refractivity contribution in [2.45, 2.75) is 6.92 Å². The number of nitrogens with one attached hydrogen (secondary N) is 5. The number of allylic oxidation sites excluding steroid dienone is 1. The highest BCUT2D eigenvalue weighted by molar-refractivity contribution is 6.24. The highest BCUT2D eigenvalue weighted by Crippen LogP contribution is 2.18. The number of rotatable bonds is 7. The summed E-state index contributed by atoms with van der Waals surface area (Å²) >= 11 is 0. The van der Waals surface area contributed by atoms with Crippen LogP contribution in [0.1, 0.15) is 18.1 Å². The van der Waals surface area contributed by atoms with Gasteiger partial charge in [0.25, 0.3) is 0 Å². The molecule has 110 valence electrons. The van der Waals surface area contributed by atoms with E-state index < -0.39 is 0 Å². The van der Waals surface area contributed by atoms with E-state index in [1.807, 2.05) is 6.92 Å². The van der Waals surface area contributed by atoms with Gasteiger partial charge in [0.15, 0.2) is 6.40 Å². The molecule has 0 saturated heterocycles. The van der Waals surface area contributed by atoms with Crippen LogP contribution in [-0.2, 0) is 4.74 Å². The van der Waals surface area contributed by atoms with Gasteiger partial charge >= 0.3 is 0 Å². The molecule has 0 amide bonds. The van der Waals surface area contributed by atoms with Crippen LogP contribution in [0.5, 0.6) is 0 Å². The van der Waals surface area contributed by atoms with Crippen molar-refractivity contribution < 1.29 is 4.74 Å². The first-order valence-corrected chi connectivity index (χ1v) is 6.22. The summed E-state index contributed by atoms with van der Waals surface area (Å²) in [5, 5.41) is 32.9. The molecule has 0 bridgehead atoms. The highest BCUT2D eigenvalue weighted by atomic mass is 16.5. The van der Waals surface area contributed by atoms with Crippen LogP contribution in [-0.4, -0.2) is 30.8 Å². The molecule has 7 heteroatoms. The predicted molar refractivity (Wildman–Crippen MR) is 84.9 cm³/mol. The molecule has 0 aromatic heterocycles. The van der Waals surface area contributed by atoms with Crippen molar-refractivity contribution in [1.82, 2.24) is 5.32 Å². The second kappa shape index (κ2) is 7.59. The molecule has 0 aliphatic rings. The minimum absolute atomic E-state index is 0.0768. The highest BCUT2D eigenvalue weighted by Gasteiger charge is 2.12. The molecule has 0 spiro atoms. The molecule has 0 radical (unpaired) electrons. The zero-order valence-electron chi connectivity index (χ0n) is 11.7. The lowest BCUT2D eigenvalue weighted by molar-refractivity contribution is 0.561. The summed E-state index contributed by atoms with van der Waals surface area (Å²) in [5.41, 5.74) is 7.49. The molecule has 0 unspecified atom stereocenters. The van der Waals surface area contributed by atoms with E-state index in [-0.39, 0.29) is 11.6 Å². The molecular formula is C14H18N6O. The number of hydrogen-bond acceptors (Lipinski definition) is 7. The molecule has 1 rings (SSSR count). The molecule has 1 aromatic carbocycles. The third-order valence-corrected chi connectivity index (χ3v) is 2.67. The van der Waals surface area contributed by atoms with Crippen molar-refractivity contribution in [2.24, 2.45) is 0 Å². The Morgan fingerprint density at radius 3 is 2.62 bits per heavy atom. The van der Waals surface area contributed by atoms with E-state index in [4.69, 9.17) is 32.1 Å². The molecule has 7 N–H and O–H groups in total. The van der Waals surface area contributed by atoms with Crippen LogP contribution in [0.25, 0.3) is 0 Å². The van der Waals surface area contributed by atoms with Crippen molar-refractivity contribution in [3.63, 3.8) is 0 Å². The lowest BCUT2D eigenvalue weighted by Gasteiger charge is -2.11. The quantitative estimate of drug-likeness (QED) is 0.258. The van der Waals surface area contributed by atoms with Crippen molar-refractivity contribution in [3.8, 4) is 0 Å². The number of benzene rings is 1. The van der Waals surface area contributed by atoms with E-state index in [1.54, 1.807) is 18.3 Å². The molecule has 0 aliphatic heterocycles. The van der Waals surface area contributed by atoms with E-state index in [0.717, 1.165) is 6.21 Å². The molecule has 21 heavy (non-hydrogen) atoms. The normalized spacial score (nSPS) is 10.6. The van der Waals surface area contributed by atoms with Crippen molar-refractivity contribution >= 4 is 29.9 Å². The van der Waals surface area contributed by atoms with Crippen LogP contribution in [0.4, 0.5) is 5.69 Å². The molecule has 7 nitrogen and oxygen atoms in total. The lowest BCUT2D eigenvalue weighted by Crippen LogP contribution is -2.14. The average molecular weight is 286 g/mol. The predicted octanol–water partition coefficient (Wildman–Crippen LogP) is 1.73. The van der Waals surface area contributed by atoms with Crippen LogP contribution in [0.15, 0.2) is 30.0 Å². The number of nitrogen functional groups attached to an aromatic ring is 1. The fourth-order valence-electron chi connectivity index (χ4n) is 1.59. The number of nitrogens with two attached hydrogens (primary N) is 1.